The number of aliphatic carboxylic acids is 1. The maximum Gasteiger partial charge on any atom is 0.416 e. The van der Waals surface area contributed by atoms with Crippen molar-refractivity contribution in [3.63, 3.8) is 0 Å². The Morgan fingerprint density at radius 2 is 2.15 bits per heavy atom. The van der Waals surface area contributed by atoms with Gasteiger partial charge in [-0.25, -0.2) is 9.69 Å². The monoisotopic (exact) mass is 284 g/mol. The van der Waals surface area contributed by atoms with E-state index >= 15 is 0 Å². The largest absolute Gasteiger partial charge is 0.481 e. The number of piperidine rings is 1. The van der Waals surface area contributed by atoms with E-state index in [9.17, 15) is 14.4 Å². The van der Waals surface area contributed by atoms with E-state index in [2.05, 4.69) is 0 Å². The van der Waals surface area contributed by atoms with Gasteiger partial charge in [0.1, 0.15) is 6.61 Å². The van der Waals surface area contributed by atoms with Crippen LogP contribution in [0.15, 0.2) is 0 Å². The molecule has 2 fully saturated rings. The fraction of sp³-hybridized carbons (Fsp3) is 0.769. The van der Waals surface area contributed by atoms with Crippen LogP contribution < -0.4 is 0 Å². The van der Waals surface area contributed by atoms with Gasteiger partial charge in [0.2, 0.25) is 5.91 Å². The van der Waals surface area contributed by atoms with Crippen molar-refractivity contribution >= 4 is 18.0 Å². The molecule has 2 rings (SSSR count). The summed E-state index contributed by atoms with van der Waals surface area (Å²) < 4.78 is 4.74. The second kappa shape index (κ2) is 6.69. The average Bonchev–Trinajstić information content (AvgIpc) is 2.83. The number of nitrogens with zero attached hydrogens (tertiary/aromatic N) is 2. The molecule has 2 aliphatic heterocycles. The van der Waals surface area contributed by atoms with Crippen molar-refractivity contribution in [1.29, 1.82) is 0 Å². The van der Waals surface area contributed by atoms with Crippen LogP contribution in [-0.4, -0.2) is 65.7 Å². The summed E-state index contributed by atoms with van der Waals surface area (Å²) in [6.45, 7) is 2.35. The minimum Gasteiger partial charge on any atom is -0.481 e. The number of imide groups is 1. The SMILES string of the molecule is O=C(O)CCC1CCCN(CC(=O)N2CCOC2=O)C1. The van der Waals surface area contributed by atoms with Gasteiger partial charge in [0.25, 0.3) is 0 Å². The number of carbonyl (C=O) groups excluding carboxylic acids is 2. The van der Waals surface area contributed by atoms with Crippen molar-refractivity contribution in [2.24, 2.45) is 5.92 Å². The third-order valence-electron chi connectivity index (χ3n) is 3.79. The molecule has 1 unspecified atom stereocenters. The highest BCUT2D eigenvalue weighted by Crippen LogP contribution is 2.21. The van der Waals surface area contributed by atoms with Gasteiger partial charge < -0.3 is 9.84 Å². The molecule has 1 atom stereocenters. The van der Waals surface area contributed by atoms with Gasteiger partial charge in [0.15, 0.2) is 0 Å². The van der Waals surface area contributed by atoms with E-state index in [-0.39, 0.29) is 25.5 Å². The van der Waals surface area contributed by atoms with Gasteiger partial charge in [-0.1, -0.05) is 0 Å². The lowest BCUT2D eigenvalue weighted by Crippen LogP contribution is -2.44. The molecule has 2 aliphatic rings. The molecule has 2 heterocycles. The van der Waals surface area contributed by atoms with Crippen molar-refractivity contribution in [3.8, 4) is 0 Å². The van der Waals surface area contributed by atoms with Gasteiger partial charge in [0.05, 0.1) is 13.1 Å². The number of ether oxygens (including phenoxy) is 1. The third kappa shape index (κ3) is 3.93. The Bertz CT molecular complexity index is 398. The number of carboxylic acid groups (broad SMARTS) is 1. The van der Waals surface area contributed by atoms with Gasteiger partial charge in [-0.3, -0.25) is 14.5 Å². The van der Waals surface area contributed by atoms with Crippen LogP contribution in [0, 0.1) is 5.92 Å². The van der Waals surface area contributed by atoms with E-state index in [1.54, 1.807) is 0 Å². The van der Waals surface area contributed by atoms with Gasteiger partial charge in [-0.2, -0.15) is 0 Å². The molecule has 0 bridgehead atoms. The van der Waals surface area contributed by atoms with E-state index in [1.807, 2.05) is 4.90 Å². The number of amides is 2. The summed E-state index contributed by atoms with van der Waals surface area (Å²) in [7, 11) is 0. The number of hydrogen-bond donors (Lipinski definition) is 1. The van der Waals surface area contributed by atoms with Crippen LogP contribution in [0.5, 0.6) is 0 Å². The van der Waals surface area contributed by atoms with Crippen molar-refractivity contribution in [2.45, 2.75) is 25.7 Å². The average molecular weight is 284 g/mol. The maximum atomic E-state index is 12.0. The van der Waals surface area contributed by atoms with Gasteiger partial charge >= 0.3 is 12.1 Å². The van der Waals surface area contributed by atoms with Gasteiger partial charge in [0, 0.05) is 13.0 Å². The first-order valence-electron chi connectivity index (χ1n) is 6.97. The fourth-order valence-corrected chi connectivity index (χ4v) is 2.75. The van der Waals surface area contributed by atoms with Crippen LogP contribution >= 0.6 is 0 Å². The van der Waals surface area contributed by atoms with E-state index < -0.39 is 12.1 Å². The van der Waals surface area contributed by atoms with Crippen molar-refractivity contribution in [2.75, 3.05) is 32.8 Å². The Balaban J connectivity index is 1.78. The molecule has 0 aliphatic carbocycles. The summed E-state index contributed by atoms with van der Waals surface area (Å²) in [4.78, 5) is 37.0. The predicted octanol–water partition coefficient (Wildman–Crippen LogP) is 0.542. The molecule has 0 radical (unpaired) electrons. The Kier molecular flexibility index (Phi) is 4.94. The zero-order valence-corrected chi connectivity index (χ0v) is 11.4. The zero-order valence-electron chi connectivity index (χ0n) is 11.4. The molecule has 20 heavy (non-hydrogen) atoms. The first kappa shape index (κ1) is 14.8. The van der Waals surface area contributed by atoms with Crippen LogP contribution in [0.3, 0.4) is 0 Å². The first-order valence-corrected chi connectivity index (χ1v) is 6.97. The molecule has 1 N–H and O–H groups in total. The molecule has 0 aromatic carbocycles. The van der Waals surface area contributed by atoms with Crippen molar-refractivity contribution in [1.82, 2.24) is 9.80 Å². The smallest absolute Gasteiger partial charge is 0.416 e. The van der Waals surface area contributed by atoms with Gasteiger partial charge in [-0.05, 0) is 31.7 Å². The topological polar surface area (TPSA) is 87.2 Å². The molecule has 7 heteroatoms. The lowest BCUT2D eigenvalue weighted by Gasteiger charge is -2.32. The van der Waals surface area contributed by atoms with Crippen molar-refractivity contribution in [3.05, 3.63) is 0 Å². The lowest BCUT2D eigenvalue weighted by atomic mass is 9.93. The quantitative estimate of drug-likeness (QED) is 0.793. The second-order valence-corrected chi connectivity index (χ2v) is 5.34. The molecule has 0 saturated carbocycles. The summed E-state index contributed by atoms with van der Waals surface area (Å²) >= 11 is 0. The highest BCUT2D eigenvalue weighted by molar-refractivity contribution is 5.94. The first-order chi connectivity index (χ1) is 9.56. The highest BCUT2D eigenvalue weighted by atomic mass is 16.6. The standard InChI is InChI=1S/C13H20N2O5/c16-11(15-6-7-20-13(15)19)9-14-5-1-2-10(8-14)3-4-12(17)18/h10H,1-9H2,(H,17,18). The van der Waals surface area contributed by atoms with Crippen LogP contribution in [0.1, 0.15) is 25.7 Å². The Hall–Kier alpha value is -1.63. The van der Waals surface area contributed by atoms with E-state index in [4.69, 9.17) is 9.84 Å². The Labute approximate surface area is 117 Å². The Morgan fingerprint density at radius 1 is 1.35 bits per heavy atom. The van der Waals surface area contributed by atoms with Crippen LogP contribution in [0.4, 0.5) is 4.79 Å². The van der Waals surface area contributed by atoms with Crippen LogP contribution in [0.25, 0.3) is 0 Å². The number of cyclic esters (lactones) is 1. The minimum absolute atomic E-state index is 0.172. The minimum atomic E-state index is -0.780. The summed E-state index contributed by atoms with van der Waals surface area (Å²) in [6.07, 6.45) is 2.22. The second-order valence-electron chi connectivity index (χ2n) is 5.34. The number of rotatable bonds is 5. The van der Waals surface area contributed by atoms with Gasteiger partial charge in [-0.15, -0.1) is 0 Å². The highest BCUT2D eigenvalue weighted by Gasteiger charge is 2.30. The molecule has 2 saturated heterocycles. The maximum absolute atomic E-state index is 12.0. The zero-order chi connectivity index (χ0) is 14.5. The predicted molar refractivity (Wildman–Crippen MR) is 69.1 cm³/mol. The third-order valence-corrected chi connectivity index (χ3v) is 3.79. The summed E-state index contributed by atoms with van der Waals surface area (Å²) in [5.41, 5.74) is 0. The number of likely N-dealkylation sites (tertiary alicyclic amines) is 1. The lowest BCUT2D eigenvalue weighted by molar-refractivity contribution is -0.137. The molecular weight excluding hydrogens is 264 g/mol. The number of carboxylic acids is 1. The molecule has 0 aromatic rings. The molecule has 0 aromatic heterocycles. The van der Waals surface area contributed by atoms with E-state index in [1.165, 1.54) is 0 Å². The van der Waals surface area contributed by atoms with E-state index in [0.29, 0.717) is 18.9 Å². The van der Waals surface area contributed by atoms with E-state index in [0.717, 1.165) is 30.8 Å². The molecule has 0 spiro atoms. The van der Waals surface area contributed by atoms with Crippen molar-refractivity contribution < 1.29 is 24.2 Å². The Morgan fingerprint density at radius 3 is 2.80 bits per heavy atom. The number of hydrogen-bond acceptors (Lipinski definition) is 5. The molecule has 2 amide bonds. The summed E-state index contributed by atoms with van der Waals surface area (Å²) in [5, 5.41) is 8.70. The fourth-order valence-electron chi connectivity index (χ4n) is 2.75. The summed E-state index contributed by atoms with van der Waals surface area (Å²) in [6, 6.07) is 0. The van der Waals surface area contributed by atoms with Crippen LogP contribution in [0.2, 0.25) is 0 Å². The molecular formula is C13H20N2O5. The molecule has 7 nitrogen and oxygen atoms in total. The normalized spacial score (nSPS) is 23.7. The number of carbonyl (C=O) groups is 3. The van der Waals surface area contributed by atoms with Crippen LogP contribution in [-0.2, 0) is 14.3 Å². The molecule has 112 valence electrons. The summed E-state index contributed by atoms with van der Waals surface area (Å²) in [5.74, 6) is -0.692.